The smallest absolute Gasteiger partial charge is 0.328 e. The lowest BCUT2D eigenvalue weighted by atomic mass is 10.2. The van der Waals surface area contributed by atoms with Crippen molar-refractivity contribution >= 4 is 39.4 Å². The molecule has 0 aliphatic rings. The van der Waals surface area contributed by atoms with E-state index in [0.717, 1.165) is 6.08 Å². The molecule has 0 saturated heterocycles. The van der Waals surface area contributed by atoms with Crippen molar-refractivity contribution in [3.05, 3.63) is 65.2 Å². The van der Waals surface area contributed by atoms with Crippen molar-refractivity contribution in [2.75, 3.05) is 4.72 Å². The van der Waals surface area contributed by atoms with Crippen LogP contribution in [-0.4, -0.2) is 19.5 Å². The predicted molar refractivity (Wildman–Crippen MR) is 85.4 cm³/mol. The van der Waals surface area contributed by atoms with Gasteiger partial charge in [0.05, 0.1) is 15.6 Å². The molecule has 5 nitrogen and oxygen atoms in total. The maximum absolute atomic E-state index is 12.2. The molecule has 0 aliphatic heterocycles. The molecule has 22 heavy (non-hydrogen) atoms. The number of para-hydroxylation sites is 1. The molecule has 0 amide bonds. The maximum Gasteiger partial charge on any atom is 0.328 e. The van der Waals surface area contributed by atoms with E-state index in [4.69, 9.17) is 16.7 Å². The Labute approximate surface area is 132 Å². The van der Waals surface area contributed by atoms with E-state index in [1.807, 2.05) is 0 Å². The highest BCUT2D eigenvalue weighted by Crippen LogP contribution is 2.24. The fraction of sp³-hybridized carbons (Fsp3) is 0. The summed E-state index contributed by atoms with van der Waals surface area (Å²) in [7, 11) is -3.76. The summed E-state index contributed by atoms with van der Waals surface area (Å²) in [6.07, 6.45) is 2.35. The van der Waals surface area contributed by atoms with Crippen molar-refractivity contribution < 1.29 is 18.3 Å². The molecule has 0 aromatic heterocycles. The van der Waals surface area contributed by atoms with Crippen molar-refractivity contribution in [3.8, 4) is 0 Å². The van der Waals surface area contributed by atoms with Gasteiger partial charge in [-0.2, -0.15) is 0 Å². The molecule has 0 radical (unpaired) electrons. The topological polar surface area (TPSA) is 83.5 Å². The van der Waals surface area contributed by atoms with Crippen molar-refractivity contribution in [2.45, 2.75) is 4.90 Å². The monoisotopic (exact) mass is 337 g/mol. The SMILES string of the molecule is O=C(O)/C=C/c1ccc(S(=O)(=O)Nc2ccccc2Cl)cc1. The zero-order valence-corrected chi connectivity index (χ0v) is 12.8. The zero-order chi connectivity index (χ0) is 16.2. The molecule has 2 rings (SSSR count). The first-order valence-corrected chi connectivity index (χ1v) is 8.03. The average Bonchev–Trinajstić information content (AvgIpc) is 2.48. The van der Waals surface area contributed by atoms with Gasteiger partial charge in [-0.1, -0.05) is 35.9 Å². The Balaban J connectivity index is 2.23. The number of anilines is 1. The van der Waals surface area contributed by atoms with Gasteiger partial charge in [0.1, 0.15) is 0 Å². The van der Waals surface area contributed by atoms with E-state index in [-0.39, 0.29) is 4.90 Å². The molecule has 0 saturated carbocycles. The molecule has 114 valence electrons. The first-order chi connectivity index (χ1) is 10.4. The lowest BCUT2D eigenvalue weighted by Crippen LogP contribution is -2.13. The van der Waals surface area contributed by atoms with Crippen LogP contribution < -0.4 is 4.72 Å². The van der Waals surface area contributed by atoms with Crippen LogP contribution in [0, 0.1) is 0 Å². The summed E-state index contributed by atoms with van der Waals surface area (Å²) in [6, 6.07) is 12.3. The summed E-state index contributed by atoms with van der Waals surface area (Å²) in [5.74, 6) is -1.07. The number of aliphatic carboxylic acids is 1. The summed E-state index contributed by atoms with van der Waals surface area (Å²) in [6.45, 7) is 0. The van der Waals surface area contributed by atoms with Crippen LogP contribution in [0.4, 0.5) is 5.69 Å². The van der Waals surface area contributed by atoms with E-state index >= 15 is 0 Å². The van der Waals surface area contributed by atoms with Gasteiger partial charge in [0.15, 0.2) is 0 Å². The number of halogens is 1. The van der Waals surface area contributed by atoms with E-state index in [2.05, 4.69) is 4.72 Å². The molecule has 2 aromatic rings. The number of hydrogen-bond donors (Lipinski definition) is 2. The Hall–Kier alpha value is -2.31. The normalized spacial score (nSPS) is 11.5. The van der Waals surface area contributed by atoms with Gasteiger partial charge in [0.25, 0.3) is 10.0 Å². The second-order valence-electron chi connectivity index (χ2n) is 4.33. The molecular formula is C15H12ClNO4S. The summed E-state index contributed by atoms with van der Waals surface area (Å²) >= 11 is 5.92. The van der Waals surface area contributed by atoms with Crippen LogP contribution >= 0.6 is 11.6 Å². The summed E-state index contributed by atoms with van der Waals surface area (Å²) in [5, 5.41) is 8.84. The minimum atomic E-state index is -3.76. The lowest BCUT2D eigenvalue weighted by molar-refractivity contribution is -0.131. The molecule has 0 heterocycles. The first kappa shape index (κ1) is 16.1. The van der Waals surface area contributed by atoms with Crippen LogP contribution in [0.1, 0.15) is 5.56 Å². The van der Waals surface area contributed by atoms with Crippen LogP contribution in [0.2, 0.25) is 5.02 Å². The first-order valence-electron chi connectivity index (χ1n) is 6.17. The van der Waals surface area contributed by atoms with Crippen LogP contribution in [-0.2, 0) is 14.8 Å². The second-order valence-corrected chi connectivity index (χ2v) is 6.42. The van der Waals surface area contributed by atoms with Gasteiger partial charge in [-0.15, -0.1) is 0 Å². The third-order valence-electron chi connectivity index (χ3n) is 2.73. The van der Waals surface area contributed by atoms with Gasteiger partial charge >= 0.3 is 5.97 Å². The average molecular weight is 338 g/mol. The summed E-state index contributed by atoms with van der Waals surface area (Å²) in [5.41, 5.74) is 0.873. The molecular weight excluding hydrogens is 326 g/mol. The Kier molecular flexibility index (Phi) is 4.85. The standard InChI is InChI=1S/C15H12ClNO4S/c16-13-3-1-2-4-14(13)17-22(20,21)12-8-5-11(6-9-12)7-10-15(18)19/h1-10,17H,(H,18,19)/b10-7+. The van der Waals surface area contributed by atoms with Crippen LogP contribution in [0.15, 0.2) is 59.5 Å². The van der Waals surface area contributed by atoms with Gasteiger partial charge in [-0.3, -0.25) is 4.72 Å². The van der Waals surface area contributed by atoms with Crippen molar-refractivity contribution in [2.24, 2.45) is 0 Å². The van der Waals surface area contributed by atoms with Gasteiger partial charge in [-0.05, 0) is 35.9 Å². The Morgan fingerprint density at radius 1 is 1.09 bits per heavy atom. The van der Waals surface area contributed by atoms with E-state index in [1.54, 1.807) is 24.3 Å². The number of carboxylic acids is 1. The third-order valence-corrected chi connectivity index (χ3v) is 4.44. The van der Waals surface area contributed by atoms with Gasteiger partial charge in [0, 0.05) is 6.08 Å². The number of benzene rings is 2. The quantitative estimate of drug-likeness (QED) is 0.820. The molecule has 0 atom stereocenters. The highest BCUT2D eigenvalue weighted by Gasteiger charge is 2.15. The number of carboxylic acid groups (broad SMARTS) is 1. The van der Waals surface area contributed by atoms with E-state index in [9.17, 15) is 13.2 Å². The Morgan fingerprint density at radius 2 is 1.73 bits per heavy atom. The van der Waals surface area contributed by atoms with Crippen LogP contribution in [0.5, 0.6) is 0 Å². The van der Waals surface area contributed by atoms with E-state index in [1.165, 1.54) is 30.3 Å². The largest absolute Gasteiger partial charge is 0.478 e. The zero-order valence-electron chi connectivity index (χ0n) is 11.2. The highest BCUT2D eigenvalue weighted by molar-refractivity contribution is 7.92. The second kappa shape index (κ2) is 6.64. The third kappa shape index (κ3) is 4.09. The van der Waals surface area contributed by atoms with Crippen LogP contribution in [0.25, 0.3) is 6.08 Å². The fourth-order valence-electron chi connectivity index (χ4n) is 1.67. The molecule has 7 heteroatoms. The van der Waals surface area contributed by atoms with Crippen molar-refractivity contribution in [1.29, 1.82) is 0 Å². The van der Waals surface area contributed by atoms with E-state index in [0.29, 0.717) is 16.3 Å². The number of carbonyl (C=O) groups is 1. The lowest BCUT2D eigenvalue weighted by Gasteiger charge is -2.09. The maximum atomic E-state index is 12.2. The molecule has 2 N–H and O–H groups in total. The fourth-order valence-corrected chi connectivity index (χ4v) is 2.99. The molecule has 0 unspecified atom stereocenters. The van der Waals surface area contributed by atoms with Crippen molar-refractivity contribution in [3.63, 3.8) is 0 Å². The van der Waals surface area contributed by atoms with Gasteiger partial charge in [-0.25, -0.2) is 13.2 Å². The molecule has 0 bridgehead atoms. The minimum absolute atomic E-state index is 0.0555. The number of nitrogens with one attached hydrogen (secondary N) is 1. The number of sulfonamides is 1. The van der Waals surface area contributed by atoms with E-state index < -0.39 is 16.0 Å². The molecule has 0 spiro atoms. The summed E-state index contributed by atoms with van der Waals surface area (Å²) < 4.78 is 26.9. The Morgan fingerprint density at radius 3 is 2.32 bits per heavy atom. The molecule has 2 aromatic carbocycles. The number of hydrogen-bond acceptors (Lipinski definition) is 3. The predicted octanol–water partition coefficient (Wildman–Crippen LogP) is 3.24. The molecule has 0 aliphatic carbocycles. The van der Waals surface area contributed by atoms with Gasteiger partial charge in [0.2, 0.25) is 0 Å². The number of rotatable bonds is 5. The molecule has 0 fully saturated rings. The summed E-state index contributed by atoms with van der Waals surface area (Å²) in [4.78, 5) is 10.5. The van der Waals surface area contributed by atoms with Gasteiger partial charge < -0.3 is 5.11 Å². The highest BCUT2D eigenvalue weighted by atomic mass is 35.5. The van der Waals surface area contributed by atoms with Crippen LogP contribution in [0.3, 0.4) is 0 Å². The van der Waals surface area contributed by atoms with Crippen molar-refractivity contribution in [1.82, 2.24) is 0 Å². The Bertz CT molecular complexity index is 814. The minimum Gasteiger partial charge on any atom is -0.478 e.